The number of ether oxygens (including phenoxy) is 3. The second-order valence-electron chi connectivity index (χ2n) is 5.77. The van der Waals surface area contributed by atoms with Crippen molar-refractivity contribution in [2.24, 2.45) is 12.0 Å². The van der Waals surface area contributed by atoms with Crippen LogP contribution in [0.2, 0.25) is 0 Å². The number of aryl methyl sites for hydroxylation is 1. The smallest absolute Gasteiger partial charge is 0.325 e. The van der Waals surface area contributed by atoms with Crippen molar-refractivity contribution in [2.45, 2.75) is 6.54 Å². The zero-order valence-corrected chi connectivity index (χ0v) is 15.5. The Morgan fingerprint density at radius 2 is 2.04 bits per heavy atom. The molecule has 140 valence electrons. The molecule has 0 atom stereocenters. The van der Waals surface area contributed by atoms with Crippen molar-refractivity contribution in [1.29, 1.82) is 0 Å². The summed E-state index contributed by atoms with van der Waals surface area (Å²) < 4.78 is 19.9. The number of carbonyl (C=O) groups is 2. The third kappa shape index (κ3) is 3.19. The number of esters is 1. The van der Waals surface area contributed by atoms with Crippen LogP contribution < -0.4 is 14.3 Å². The van der Waals surface area contributed by atoms with Crippen LogP contribution in [-0.2, 0) is 23.1 Å². The van der Waals surface area contributed by atoms with Gasteiger partial charge in [0.15, 0.2) is 16.3 Å². The zero-order chi connectivity index (χ0) is 19.0. The Labute approximate surface area is 157 Å². The molecule has 0 radical (unpaired) electrons. The average Bonchev–Trinajstić information content (AvgIpc) is 3.23. The lowest BCUT2D eigenvalue weighted by molar-refractivity contribution is -0.141. The van der Waals surface area contributed by atoms with Crippen molar-refractivity contribution < 1.29 is 23.8 Å². The number of aromatic nitrogens is 3. The van der Waals surface area contributed by atoms with E-state index in [0.717, 1.165) is 4.70 Å². The molecular formula is C17H16N4O5S. The van der Waals surface area contributed by atoms with Crippen LogP contribution in [0.25, 0.3) is 10.2 Å². The van der Waals surface area contributed by atoms with Gasteiger partial charge < -0.3 is 18.8 Å². The minimum atomic E-state index is -0.447. The molecule has 0 saturated heterocycles. The number of nitrogens with zero attached hydrogens (tertiary/aromatic N) is 4. The first-order chi connectivity index (χ1) is 13.1. The maximum absolute atomic E-state index is 12.5. The summed E-state index contributed by atoms with van der Waals surface area (Å²) in [6.07, 6.45) is 1.53. The highest BCUT2D eigenvalue weighted by molar-refractivity contribution is 7.16. The predicted molar refractivity (Wildman–Crippen MR) is 95.9 cm³/mol. The fourth-order valence-corrected chi connectivity index (χ4v) is 3.80. The van der Waals surface area contributed by atoms with E-state index in [1.165, 1.54) is 29.3 Å². The van der Waals surface area contributed by atoms with Gasteiger partial charge in [0, 0.05) is 25.4 Å². The molecule has 0 unspecified atom stereocenters. The van der Waals surface area contributed by atoms with Crippen LogP contribution >= 0.6 is 11.3 Å². The summed E-state index contributed by atoms with van der Waals surface area (Å²) in [6.45, 7) is 0.853. The second-order valence-corrected chi connectivity index (χ2v) is 6.78. The minimum absolute atomic E-state index is 0.0757. The van der Waals surface area contributed by atoms with Crippen molar-refractivity contribution in [3.8, 4) is 11.5 Å². The Hall–Kier alpha value is -3.14. The molecule has 0 spiro atoms. The van der Waals surface area contributed by atoms with E-state index in [1.807, 2.05) is 6.07 Å². The molecule has 0 N–H and O–H groups in total. The van der Waals surface area contributed by atoms with Crippen molar-refractivity contribution in [1.82, 2.24) is 14.3 Å². The molecule has 3 aromatic rings. The number of fused-ring (bicyclic) bond motifs is 2. The van der Waals surface area contributed by atoms with Crippen LogP contribution in [0.5, 0.6) is 11.5 Å². The highest BCUT2D eigenvalue weighted by atomic mass is 32.1. The van der Waals surface area contributed by atoms with E-state index in [4.69, 9.17) is 14.2 Å². The maximum Gasteiger partial charge on any atom is 0.325 e. The van der Waals surface area contributed by atoms with Crippen LogP contribution in [0.3, 0.4) is 0 Å². The lowest BCUT2D eigenvalue weighted by Crippen LogP contribution is -2.23. The SMILES string of the molecule is COC(=O)Cn1c(=NC(=O)c2ccnn2C)sc2cc3c(cc21)OCCO3. The lowest BCUT2D eigenvalue weighted by Gasteiger charge is -2.18. The Morgan fingerprint density at radius 1 is 1.30 bits per heavy atom. The molecule has 0 saturated carbocycles. The van der Waals surface area contributed by atoms with E-state index in [0.29, 0.717) is 40.7 Å². The van der Waals surface area contributed by atoms with E-state index in [2.05, 4.69) is 10.1 Å². The molecule has 3 heterocycles. The molecule has 27 heavy (non-hydrogen) atoms. The fraction of sp³-hybridized carbons (Fsp3) is 0.294. The predicted octanol–water partition coefficient (Wildman–Crippen LogP) is 1.12. The summed E-state index contributed by atoms with van der Waals surface area (Å²) >= 11 is 1.28. The first-order valence-electron chi connectivity index (χ1n) is 8.13. The number of rotatable bonds is 3. The van der Waals surface area contributed by atoms with Gasteiger partial charge in [0.2, 0.25) is 0 Å². The molecular weight excluding hydrogens is 372 g/mol. The largest absolute Gasteiger partial charge is 0.486 e. The standard InChI is InChI=1S/C17H16N4O5S/c1-20-10(3-4-18-20)16(23)19-17-21(9-15(22)24-2)11-7-12-13(8-14(11)27-17)26-6-5-25-12/h3-4,7-8H,5-6,9H2,1-2H3. The molecule has 1 aromatic carbocycles. The highest BCUT2D eigenvalue weighted by Gasteiger charge is 2.19. The maximum atomic E-state index is 12.5. The first-order valence-corrected chi connectivity index (χ1v) is 8.95. The van der Waals surface area contributed by atoms with Gasteiger partial charge in [-0.15, -0.1) is 0 Å². The molecule has 0 bridgehead atoms. The molecule has 10 heteroatoms. The molecule has 9 nitrogen and oxygen atoms in total. The van der Waals surface area contributed by atoms with E-state index >= 15 is 0 Å². The summed E-state index contributed by atoms with van der Waals surface area (Å²) in [7, 11) is 2.98. The summed E-state index contributed by atoms with van der Waals surface area (Å²) in [4.78, 5) is 29.0. The number of methoxy groups -OCH3 is 1. The van der Waals surface area contributed by atoms with Crippen LogP contribution in [0.4, 0.5) is 0 Å². The normalized spacial score (nSPS) is 13.8. The van der Waals surface area contributed by atoms with Gasteiger partial charge in [0.25, 0.3) is 5.91 Å². The third-order valence-corrected chi connectivity index (χ3v) is 5.14. The Morgan fingerprint density at radius 3 is 2.70 bits per heavy atom. The molecule has 1 aliphatic rings. The van der Waals surface area contributed by atoms with Crippen molar-refractivity contribution in [3.63, 3.8) is 0 Å². The van der Waals surface area contributed by atoms with Crippen molar-refractivity contribution in [3.05, 3.63) is 34.9 Å². The molecule has 4 rings (SSSR count). The Bertz CT molecular complexity index is 1110. The molecule has 1 amide bonds. The van der Waals surface area contributed by atoms with Crippen LogP contribution in [0.15, 0.2) is 29.4 Å². The topological polar surface area (TPSA) is 96.9 Å². The fourth-order valence-electron chi connectivity index (χ4n) is 2.77. The van der Waals surface area contributed by atoms with Gasteiger partial charge >= 0.3 is 5.97 Å². The van der Waals surface area contributed by atoms with Gasteiger partial charge in [-0.3, -0.25) is 14.3 Å². The van der Waals surface area contributed by atoms with E-state index < -0.39 is 11.9 Å². The van der Waals surface area contributed by atoms with Gasteiger partial charge in [0.1, 0.15) is 25.5 Å². The lowest BCUT2D eigenvalue weighted by atomic mass is 10.2. The van der Waals surface area contributed by atoms with Gasteiger partial charge in [-0.05, 0) is 6.07 Å². The highest BCUT2D eigenvalue weighted by Crippen LogP contribution is 2.35. The Kier molecular flexibility index (Phi) is 4.40. The number of thiazole rings is 1. The van der Waals surface area contributed by atoms with Gasteiger partial charge in [-0.25, -0.2) is 0 Å². The van der Waals surface area contributed by atoms with Crippen LogP contribution in [0.1, 0.15) is 10.5 Å². The van der Waals surface area contributed by atoms with Crippen LogP contribution in [-0.4, -0.2) is 46.5 Å². The van der Waals surface area contributed by atoms with E-state index in [1.54, 1.807) is 23.7 Å². The van der Waals surface area contributed by atoms with Crippen molar-refractivity contribution in [2.75, 3.05) is 20.3 Å². The first kappa shape index (κ1) is 17.3. The van der Waals surface area contributed by atoms with Gasteiger partial charge in [0.05, 0.1) is 17.3 Å². The zero-order valence-electron chi connectivity index (χ0n) is 14.7. The summed E-state index contributed by atoms with van der Waals surface area (Å²) in [5.74, 6) is 0.330. The van der Waals surface area contributed by atoms with Crippen molar-refractivity contribution >= 4 is 33.4 Å². The summed E-state index contributed by atoms with van der Waals surface area (Å²) in [5, 5.41) is 3.98. The number of amides is 1. The summed E-state index contributed by atoms with van der Waals surface area (Å²) in [6, 6.07) is 5.21. The van der Waals surface area contributed by atoms with Gasteiger partial charge in [-0.2, -0.15) is 10.1 Å². The van der Waals surface area contributed by atoms with E-state index in [-0.39, 0.29) is 6.54 Å². The molecule has 1 aliphatic heterocycles. The number of benzene rings is 1. The summed E-state index contributed by atoms with van der Waals surface area (Å²) in [5.41, 5.74) is 1.06. The number of carbonyl (C=O) groups excluding carboxylic acids is 2. The average molecular weight is 388 g/mol. The quantitative estimate of drug-likeness (QED) is 0.624. The second kappa shape index (κ2) is 6.88. The van der Waals surface area contributed by atoms with E-state index in [9.17, 15) is 9.59 Å². The monoisotopic (exact) mass is 388 g/mol. The molecule has 0 fully saturated rings. The molecule has 0 aliphatic carbocycles. The number of hydrogen-bond donors (Lipinski definition) is 0. The Balaban J connectivity index is 1.89. The van der Waals surface area contributed by atoms with Gasteiger partial charge in [-0.1, -0.05) is 11.3 Å². The van der Waals surface area contributed by atoms with Crippen LogP contribution in [0, 0.1) is 0 Å². The number of hydrogen-bond acceptors (Lipinski definition) is 7. The molecule has 2 aromatic heterocycles. The third-order valence-electron chi connectivity index (χ3n) is 4.10. The minimum Gasteiger partial charge on any atom is -0.486 e.